The van der Waals surface area contributed by atoms with Gasteiger partial charge in [-0.15, -0.1) is 0 Å². The minimum absolute atomic E-state index is 0.182. The Bertz CT molecular complexity index is 518. The number of carbonyl (C=O) groups is 2. The Morgan fingerprint density at radius 1 is 1.33 bits per heavy atom. The minimum Gasteiger partial charge on any atom is -0.281 e. The maximum Gasteiger partial charge on any atom is 0.240 e. The molecular formula is C14H14N2O2. The summed E-state index contributed by atoms with van der Waals surface area (Å²) in [5.74, 6) is -0.393. The van der Waals surface area contributed by atoms with E-state index in [0.29, 0.717) is 0 Å². The van der Waals surface area contributed by atoms with Crippen LogP contribution in [0.1, 0.15) is 25.3 Å². The summed E-state index contributed by atoms with van der Waals surface area (Å²) in [6.07, 6.45) is 0.365. The number of likely N-dealkylation sites (tertiary alicyclic amines) is 1. The fourth-order valence-corrected chi connectivity index (χ4v) is 2.30. The first-order valence-corrected chi connectivity index (χ1v) is 5.87. The minimum atomic E-state index is -0.784. The molecule has 0 saturated carbocycles. The molecule has 1 atom stereocenters. The molecule has 18 heavy (non-hydrogen) atoms. The second kappa shape index (κ2) is 4.61. The molecule has 4 heteroatoms. The Kier molecular flexibility index (Phi) is 3.15. The maximum atomic E-state index is 12.3. The molecule has 1 aromatic rings. The maximum absolute atomic E-state index is 12.3. The Morgan fingerprint density at radius 3 is 2.61 bits per heavy atom. The number of hydrogen-bond donors (Lipinski definition) is 0. The van der Waals surface area contributed by atoms with E-state index in [2.05, 4.69) is 0 Å². The van der Waals surface area contributed by atoms with Crippen molar-refractivity contribution in [2.75, 3.05) is 6.54 Å². The lowest BCUT2D eigenvalue weighted by atomic mass is 9.81. The van der Waals surface area contributed by atoms with Gasteiger partial charge >= 0.3 is 0 Å². The van der Waals surface area contributed by atoms with Crippen LogP contribution in [0.15, 0.2) is 30.3 Å². The third kappa shape index (κ3) is 1.88. The predicted octanol–water partition coefficient (Wildman–Crippen LogP) is 1.62. The van der Waals surface area contributed by atoms with Gasteiger partial charge in [0.05, 0.1) is 17.9 Å². The van der Waals surface area contributed by atoms with E-state index >= 15 is 0 Å². The van der Waals surface area contributed by atoms with Crippen LogP contribution in [0, 0.1) is 11.3 Å². The average molecular weight is 242 g/mol. The summed E-state index contributed by atoms with van der Waals surface area (Å²) in [4.78, 5) is 25.4. The van der Waals surface area contributed by atoms with E-state index in [-0.39, 0.29) is 31.2 Å². The molecule has 1 aliphatic rings. The van der Waals surface area contributed by atoms with Gasteiger partial charge in [0.1, 0.15) is 0 Å². The van der Waals surface area contributed by atoms with E-state index in [4.69, 9.17) is 5.26 Å². The topological polar surface area (TPSA) is 61.2 Å². The molecule has 1 aliphatic heterocycles. The third-order valence-electron chi connectivity index (χ3n) is 3.38. The molecule has 1 fully saturated rings. The fourth-order valence-electron chi connectivity index (χ4n) is 2.30. The van der Waals surface area contributed by atoms with Crippen molar-refractivity contribution in [1.82, 2.24) is 4.90 Å². The van der Waals surface area contributed by atoms with Crippen molar-refractivity contribution >= 4 is 11.8 Å². The van der Waals surface area contributed by atoms with E-state index in [1.807, 2.05) is 36.4 Å². The van der Waals surface area contributed by atoms with Crippen molar-refractivity contribution in [3.8, 4) is 6.07 Å². The molecule has 0 N–H and O–H groups in total. The van der Waals surface area contributed by atoms with E-state index < -0.39 is 5.41 Å². The van der Waals surface area contributed by atoms with Crippen LogP contribution in [-0.4, -0.2) is 23.3 Å². The number of nitrogens with zero attached hydrogens (tertiary/aromatic N) is 2. The molecule has 92 valence electrons. The standard InChI is InChI=1S/C14H14N2O2/c1-14(11-6-3-2-4-7-11)10-12(17)16(13(14)18)9-5-8-15/h2-4,6-7H,5,9-10H2,1H3. The summed E-state index contributed by atoms with van der Waals surface area (Å²) < 4.78 is 0. The molecule has 1 heterocycles. The molecule has 2 amide bonds. The monoisotopic (exact) mass is 242 g/mol. The van der Waals surface area contributed by atoms with Gasteiger partial charge in [0.25, 0.3) is 0 Å². The Balaban J connectivity index is 2.30. The van der Waals surface area contributed by atoms with Gasteiger partial charge in [-0.3, -0.25) is 14.5 Å². The summed E-state index contributed by atoms with van der Waals surface area (Å²) in [6.45, 7) is 1.98. The van der Waals surface area contributed by atoms with E-state index in [1.165, 1.54) is 4.90 Å². The van der Waals surface area contributed by atoms with Crippen LogP contribution < -0.4 is 0 Å². The SMILES string of the molecule is CC1(c2ccccc2)CC(=O)N(CCC#N)C1=O. The highest BCUT2D eigenvalue weighted by molar-refractivity contribution is 6.08. The number of benzene rings is 1. The third-order valence-corrected chi connectivity index (χ3v) is 3.38. The second-order valence-corrected chi connectivity index (χ2v) is 4.63. The molecule has 1 aromatic carbocycles. The lowest BCUT2D eigenvalue weighted by molar-refractivity contribution is -0.139. The van der Waals surface area contributed by atoms with Crippen LogP contribution >= 0.6 is 0 Å². The van der Waals surface area contributed by atoms with E-state index in [1.54, 1.807) is 6.92 Å². The lowest BCUT2D eigenvalue weighted by Crippen LogP contribution is -2.37. The molecule has 1 unspecified atom stereocenters. The molecule has 0 aliphatic carbocycles. The zero-order valence-electron chi connectivity index (χ0n) is 10.2. The summed E-state index contributed by atoms with van der Waals surface area (Å²) in [5, 5.41) is 8.55. The summed E-state index contributed by atoms with van der Waals surface area (Å²) in [5.41, 5.74) is 0.0659. The van der Waals surface area contributed by atoms with E-state index in [9.17, 15) is 9.59 Å². The molecule has 0 bridgehead atoms. The van der Waals surface area contributed by atoms with Gasteiger partial charge in [0.2, 0.25) is 11.8 Å². The Labute approximate surface area is 106 Å². The average Bonchev–Trinajstić information content (AvgIpc) is 2.60. The lowest BCUT2D eigenvalue weighted by Gasteiger charge is -2.22. The highest BCUT2D eigenvalue weighted by Crippen LogP contribution is 2.36. The summed E-state index contributed by atoms with van der Waals surface area (Å²) >= 11 is 0. The number of carbonyl (C=O) groups excluding carboxylic acids is 2. The smallest absolute Gasteiger partial charge is 0.240 e. The molecule has 0 radical (unpaired) electrons. The van der Waals surface area contributed by atoms with Crippen LogP contribution in [0.25, 0.3) is 0 Å². The van der Waals surface area contributed by atoms with Gasteiger partial charge in [-0.1, -0.05) is 30.3 Å². The van der Waals surface area contributed by atoms with Crippen LogP contribution in [-0.2, 0) is 15.0 Å². The van der Waals surface area contributed by atoms with Gasteiger partial charge in [0, 0.05) is 13.0 Å². The van der Waals surface area contributed by atoms with Gasteiger partial charge in [-0.2, -0.15) is 5.26 Å². The Morgan fingerprint density at radius 2 is 2.00 bits per heavy atom. The molecule has 0 spiro atoms. The van der Waals surface area contributed by atoms with Crippen LogP contribution in [0.3, 0.4) is 0 Å². The normalized spacial score (nSPS) is 23.2. The van der Waals surface area contributed by atoms with Crippen molar-refractivity contribution in [3.05, 3.63) is 35.9 Å². The number of imide groups is 1. The first-order chi connectivity index (χ1) is 8.59. The highest BCUT2D eigenvalue weighted by Gasteiger charge is 2.48. The van der Waals surface area contributed by atoms with Crippen molar-refractivity contribution in [2.24, 2.45) is 0 Å². The van der Waals surface area contributed by atoms with Gasteiger partial charge in [0.15, 0.2) is 0 Å². The van der Waals surface area contributed by atoms with Crippen molar-refractivity contribution < 1.29 is 9.59 Å². The summed E-state index contributed by atoms with van der Waals surface area (Å²) in [6, 6.07) is 11.3. The van der Waals surface area contributed by atoms with Crippen LogP contribution in [0.4, 0.5) is 0 Å². The molecule has 0 aromatic heterocycles. The number of amides is 2. The second-order valence-electron chi connectivity index (χ2n) is 4.63. The summed E-state index contributed by atoms with van der Waals surface area (Å²) in [7, 11) is 0. The van der Waals surface area contributed by atoms with Crippen molar-refractivity contribution in [1.29, 1.82) is 5.26 Å². The zero-order chi connectivity index (χ0) is 13.2. The van der Waals surface area contributed by atoms with Crippen LogP contribution in [0.2, 0.25) is 0 Å². The molecule has 4 nitrogen and oxygen atoms in total. The van der Waals surface area contributed by atoms with Gasteiger partial charge < -0.3 is 0 Å². The number of nitriles is 1. The molecule has 1 saturated heterocycles. The number of rotatable bonds is 3. The first kappa shape index (κ1) is 12.3. The fraction of sp³-hybridized carbons (Fsp3) is 0.357. The largest absolute Gasteiger partial charge is 0.281 e. The molecular weight excluding hydrogens is 228 g/mol. The highest BCUT2D eigenvalue weighted by atomic mass is 16.2. The van der Waals surface area contributed by atoms with Gasteiger partial charge in [-0.05, 0) is 12.5 Å². The predicted molar refractivity (Wildman–Crippen MR) is 65.4 cm³/mol. The first-order valence-electron chi connectivity index (χ1n) is 5.87. The van der Waals surface area contributed by atoms with Crippen LogP contribution in [0.5, 0.6) is 0 Å². The van der Waals surface area contributed by atoms with Crippen molar-refractivity contribution in [3.63, 3.8) is 0 Å². The quantitative estimate of drug-likeness (QED) is 0.757. The van der Waals surface area contributed by atoms with Gasteiger partial charge in [-0.25, -0.2) is 0 Å². The number of hydrogen-bond acceptors (Lipinski definition) is 3. The Hall–Kier alpha value is -2.15. The van der Waals surface area contributed by atoms with Crippen molar-refractivity contribution in [2.45, 2.75) is 25.2 Å². The molecule has 2 rings (SSSR count). The zero-order valence-corrected chi connectivity index (χ0v) is 10.2. The van der Waals surface area contributed by atoms with E-state index in [0.717, 1.165) is 5.56 Å².